The molecule has 7 nitrogen and oxygen atoms in total. The average molecular weight is 540 g/mol. The highest BCUT2D eigenvalue weighted by Crippen LogP contribution is 2.51. The van der Waals surface area contributed by atoms with Crippen LogP contribution in [0.2, 0.25) is 10.0 Å². The highest BCUT2D eigenvalue weighted by atomic mass is 35.5. The van der Waals surface area contributed by atoms with E-state index in [1.807, 2.05) is 0 Å². The van der Waals surface area contributed by atoms with Crippen LogP contribution in [-0.2, 0) is 4.79 Å². The molecule has 2 N–H and O–H groups in total. The van der Waals surface area contributed by atoms with Crippen LogP contribution in [0, 0.1) is 11.6 Å². The molecule has 192 valence electrons. The molecular weight excluding hydrogens is 515 g/mol. The maximum atomic E-state index is 14.0. The number of benzene rings is 2. The smallest absolute Gasteiger partial charge is 0.325 e. The molecule has 4 aliphatic rings. The summed E-state index contributed by atoms with van der Waals surface area (Å²) in [5.74, 6) is -1.48. The Morgan fingerprint density at radius 1 is 1.06 bits per heavy atom. The van der Waals surface area contributed by atoms with Crippen LogP contribution in [0.25, 0.3) is 0 Å². The number of nitrogens with zero attached hydrogens (tertiary/aromatic N) is 2. The summed E-state index contributed by atoms with van der Waals surface area (Å²) in [5, 5.41) is 14.0. The monoisotopic (exact) mass is 539 g/mol. The molecule has 1 aliphatic heterocycles. The molecule has 2 bridgehead atoms. The van der Waals surface area contributed by atoms with E-state index in [2.05, 4.69) is 5.32 Å². The van der Waals surface area contributed by atoms with E-state index >= 15 is 0 Å². The van der Waals surface area contributed by atoms with Crippen LogP contribution in [0.1, 0.15) is 32.1 Å². The SMILES string of the molecule is O=C(COc1ccc(Cl)c(F)c1)NC12CCC(N3CCN(c4ccc(Cl)c(F)c4)C3=O)(CC1)CC2O. The molecule has 1 saturated heterocycles. The molecule has 1 atom stereocenters. The Hall–Kier alpha value is -2.62. The van der Waals surface area contributed by atoms with Gasteiger partial charge in [0.15, 0.2) is 6.61 Å². The van der Waals surface area contributed by atoms with Gasteiger partial charge in [0.25, 0.3) is 5.91 Å². The number of nitrogens with one attached hydrogen (secondary N) is 1. The number of ether oxygens (including phenoxy) is 1. The Bertz CT molecular complexity index is 1210. The molecule has 3 amide bonds. The van der Waals surface area contributed by atoms with Gasteiger partial charge in [0, 0.05) is 30.4 Å². The van der Waals surface area contributed by atoms with E-state index in [1.54, 1.807) is 11.0 Å². The number of carbonyl (C=O) groups is 2. The third kappa shape index (κ3) is 4.37. The number of anilines is 1. The van der Waals surface area contributed by atoms with Crippen molar-refractivity contribution >= 4 is 40.8 Å². The zero-order valence-corrected chi connectivity index (χ0v) is 20.8. The first kappa shape index (κ1) is 25.0. The number of aliphatic hydroxyl groups is 1. The van der Waals surface area contributed by atoms with Gasteiger partial charge >= 0.3 is 6.03 Å². The first-order chi connectivity index (χ1) is 17.1. The number of rotatable bonds is 6. The first-order valence-corrected chi connectivity index (χ1v) is 12.5. The van der Waals surface area contributed by atoms with Crippen LogP contribution in [0.5, 0.6) is 5.75 Å². The lowest BCUT2D eigenvalue weighted by Gasteiger charge is -2.58. The molecule has 2 aromatic carbocycles. The summed E-state index contributed by atoms with van der Waals surface area (Å²) in [7, 11) is 0. The normalized spacial score (nSPS) is 27.5. The van der Waals surface area contributed by atoms with Crippen molar-refractivity contribution in [3.63, 3.8) is 0 Å². The van der Waals surface area contributed by atoms with Gasteiger partial charge in [-0.25, -0.2) is 13.6 Å². The van der Waals surface area contributed by atoms with Crippen molar-refractivity contribution in [3.05, 3.63) is 58.1 Å². The van der Waals surface area contributed by atoms with Gasteiger partial charge in [-0.2, -0.15) is 0 Å². The predicted octanol–water partition coefficient (Wildman–Crippen LogP) is 4.53. The second-order valence-corrected chi connectivity index (χ2v) is 10.5. The highest BCUT2D eigenvalue weighted by Gasteiger charge is 2.59. The molecule has 11 heteroatoms. The minimum Gasteiger partial charge on any atom is -0.484 e. The number of amides is 3. The fraction of sp³-hybridized carbons (Fsp3) is 0.440. The molecule has 1 heterocycles. The fourth-order valence-corrected chi connectivity index (χ4v) is 5.98. The lowest BCUT2D eigenvalue weighted by molar-refractivity contribution is -0.135. The summed E-state index contributed by atoms with van der Waals surface area (Å²) >= 11 is 11.4. The van der Waals surface area contributed by atoms with E-state index in [0.717, 1.165) is 6.07 Å². The summed E-state index contributed by atoms with van der Waals surface area (Å²) in [6.07, 6.45) is 1.69. The number of fused-ring (bicyclic) bond motifs is 3. The van der Waals surface area contributed by atoms with Gasteiger partial charge in [-0.05, 0) is 62.4 Å². The van der Waals surface area contributed by atoms with Crippen LogP contribution < -0.4 is 15.0 Å². The number of hydrogen-bond acceptors (Lipinski definition) is 4. The number of halogens is 4. The molecular formula is C25H25Cl2F2N3O4. The lowest BCUT2D eigenvalue weighted by Crippen LogP contribution is -2.70. The zero-order valence-electron chi connectivity index (χ0n) is 19.3. The Kier molecular flexibility index (Phi) is 6.51. The second-order valence-electron chi connectivity index (χ2n) is 9.70. The molecule has 0 aromatic heterocycles. The van der Waals surface area contributed by atoms with E-state index in [0.29, 0.717) is 50.9 Å². The van der Waals surface area contributed by atoms with Gasteiger partial charge in [-0.3, -0.25) is 9.69 Å². The fourth-order valence-electron chi connectivity index (χ4n) is 5.74. The number of aliphatic hydroxyl groups excluding tert-OH is 1. The topological polar surface area (TPSA) is 82.1 Å². The van der Waals surface area contributed by atoms with Gasteiger partial charge in [0.05, 0.1) is 21.7 Å². The summed E-state index contributed by atoms with van der Waals surface area (Å²) in [6, 6.07) is 7.98. The predicted molar refractivity (Wildman–Crippen MR) is 130 cm³/mol. The zero-order chi connectivity index (χ0) is 25.7. The maximum Gasteiger partial charge on any atom is 0.325 e. The van der Waals surface area contributed by atoms with Gasteiger partial charge in [0.2, 0.25) is 0 Å². The van der Waals surface area contributed by atoms with Gasteiger partial charge in [0.1, 0.15) is 17.4 Å². The molecule has 4 fully saturated rings. The third-order valence-electron chi connectivity index (χ3n) is 7.73. The number of urea groups is 1. The van der Waals surface area contributed by atoms with E-state index < -0.39 is 34.7 Å². The largest absolute Gasteiger partial charge is 0.484 e. The second kappa shape index (κ2) is 9.36. The molecule has 1 unspecified atom stereocenters. The van der Waals surface area contributed by atoms with Crippen molar-refractivity contribution in [1.82, 2.24) is 10.2 Å². The van der Waals surface area contributed by atoms with E-state index in [9.17, 15) is 23.5 Å². The van der Waals surface area contributed by atoms with Crippen molar-refractivity contribution < 1.29 is 28.2 Å². The minimum absolute atomic E-state index is 0.00681. The maximum absolute atomic E-state index is 14.0. The molecule has 3 aliphatic carbocycles. The number of carbonyl (C=O) groups excluding carboxylic acids is 2. The standard InChI is InChI=1S/C25H25Cl2F2N3O4/c26-17-3-1-15(11-19(17)28)31-9-10-32(23(31)35)24-5-7-25(8-6-24,21(33)13-24)30-22(34)14-36-16-2-4-18(27)20(29)12-16/h1-4,11-12,21,33H,5-10,13-14H2,(H,30,34). The lowest BCUT2D eigenvalue weighted by atomic mass is 9.59. The van der Waals surface area contributed by atoms with Crippen LogP contribution in [0.3, 0.4) is 0 Å². The van der Waals surface area contributed by atoms with Crippen molar-refractivity contribution in [2.24, 2.45) is 0 Å². The minimum atomic E-state index is -0.855. The van der Waals surface area contributed by atoms with Crippen LogP contribution in [0.15, 0.2) is 36.4 Å². The molecule has 0 spiro atoms. The van der Waals surface area contributed by atoms with Crippen LogP contribution in [0.4, 0.5) is 19.3 Å². The van der Waals surface area contributed by atoms with Crippen molar-refractivity contribution in [3.8, 4) is 5.75 Å². The molecule has 2 aromatic rings. The van der Waals surface area contributed by atoms with Crippen molar-refractivity contribution in [2.75, 3.05) is 24.6 Å². The summed E-state index contributed by atoms with van der Waals surface area (Å²) in [4.78, 5) is 29.2. The Morgan fingerprint density at radius 2 is 1.72 bits per heavy atom. The van der Waals surface area contributed by atoms with Crippen LogP contribution >= 0.6 is 23.2 Å². The Labute approximate surface area is 216 Å². The molecule has 6 rings (SSSR count). The summed E-state index contributed by atoms with van der Waals surface area (Å²) < 4.78 is 32.9. The van der Waals surface area contributed by atoms with Gasteiger partial charge < -0.3 is 20.1 Å². The van der Waals surface area contributed by atoms with Crippen molar-refractivity contribution in [2.45, 2.75) is 49.3 Å². The van der Waals surface area contributed by atoms with Gasteiger partial charge in [-0.15, -0.1) is 0 Å². The number of hydrogen-bond donors (Lipinski definition) is 2. The van der Waals surface area contributed by atoms with Gasteiger partial charge in [-0.1, -0.05) is 23.2 Å². The van der Waals surface area contributed by atoms with Crippen molar-refractivity contribution in [1.29, 1.82) is 0 Å². The summed E-state index contributed by atoms with van der Waals surface area (Å²) in [5.41, 5.74) is -0.898. The summed E-state index contributed by atoms with van der Waals surface area (Å²) in [6.45, 7) is 0.529. The van der Waals surface area contributed by atoms with E-state index in [4.69, 9.17) is 27.9 Å². The first-order valence-electron chi connectivity index (χ1n) is 11.7. The quantitative estimate of drug-likeness (QED) is 0.565. The molecule has 36 heavy (non-hydrogen) atoms. The molecule has 3 saturated carbocycles. The van der Waals surface area contributed by atoms with E-state index in [-0.39, 0.29) is 28.4 Å². The van der Waals surface area contributed by atoms with E-state index in [1.165, 1.54) is 29.2 Å². The van der Waals surface area contributed by atoms with Crippen LogP contribution in [-0.4, -0.2) is 58.8 Å². The molecule has 0 radical (unpaired) electrons. The highest BCUT2D eigenvalue weighted by molar-refractivity contribution is 6.31. The Morgan fingerprint density at radius 3 is 2.36 bits per heavy atom. The third-order valence-corrected chi connectivity index (χ3v) is 8.34. The average Bonchev–Trinajstić information content (AvgIpc) is 3.25. The Balaban J connectivity index is 1.22.